The fourth-order valence-corrected chi connectivity index (χ4v) is 4.54. The molecule has 0 aromatic rings. The normalized spacial score (nSPS) is 28.6. The maximum absolute atomic E-state index is 11.6. The number of carboxylic acid groups (broad SMARTS) is 1. The second kappa shape index (κ2) is 7.10. The molecule has 0 amide bonds. The highest BCUT2D eigenvalue weighted by molar-refractivity contribution is 5.78. The van der Waals surface area contributed by atoms with E-state index in [1.54, 1.807) is 0 Å². The van der Waals surface area contributed by atoms with Crippen LogP contribution in [0.25, 0.3) is 0 Å². The number of aliphatic carboxylic acids is 1. The lowest BCUT2D eigenvalue weighted by Crippen LogP contribution is -2.54. The summed E-state index contributed by atoms with van der Waals surface area (Å²) in [6, 6.07) is 1.03. The SMILES string of the molecule is CCNC(C)(CC(C)N1CCCC1C1CCCC1)C(=O)O. The number of nitrogens with zero attached hydrogens (tertiary/aromatic N) is 1. The smallest absolute Gasteiger partial charge is 0.323 e. The third-order valence-electron chi connectivity index (χ3n) is 5.59. The molecule has 1 aliphatic heterocycles. The molecule has 1 heterocycles. The third-order valence-corrected chi connectivity index (χ3v) is 5.59. The van der Waals surface area contributed by atoms with Gasteiger partial charge in [-0.25, -0.2) is 0 Å². The predicted octanol–water partition coefficient (Wildman–Crippen LogP) is 2.87. The van der Waals surface area contributed by atoms with Gasteiger partial charge in [0.25, 0.3) is 0 Å². The Kier molecular flexibility index (Phi) is 5.67. The molecule has 4 heteroatoms. The Bertz CT molecular complexity index is 355. The Morgan fingerprint density at radius 2 is 2.00 bits per heavy atom. The number of likely N-dealkylation sites (tertiary alicyclic amines) is 1. The standard InChI is InChI=1S/C17H32N2O2/c1-4-18-17(3,16(20)21)12-13(2)19-11-7-10-15(19)14-8-5-6-9-14/h13-15,18H,4-12H2,1-3H3,(H,20,21). The molecule has 2 N–H and O–H groups in total. The van der Waals surface area contributed by atoms with Crippen LogP contribution < -0.4 is 5.32 Å². The molecule has 122 valence electrons. The highest BCUT2D eigenvalue weighted by Gasteiger charge is 2.40. The molecule has 0 radical (unpaired) electrons. The van der Waals surface area contributed by atoms with E-state index in [2.05, 4.69) is 17.1 Å². The quantitative estimate of drug-likeness (QED) is 0.758. The van der Waals surface area contributed by atoms with Crippen LogP contribution in [0.4, 0.5) is 0 Å². The maximum atomic E-state index is 11.6. The predicted molar refractivity (Wildman–Crippen MR) is 85.5 cm³/mol. The fraction of sp³-hybridized carbons (Fsp3) is 0.941. The van der Waals surface area contributed by atoms with Crippen molar-refractivity contribution in [1.29, 1.82) is 0 Å². The van der Waals surface area contributed by atoms with Crippen molar-refractivity contribution in [2.75, 3.05) is 13.1 Å². The molecule has 0 aromatic carbocycles. The molecule has 2 fully saturated rings. The van der Waals surface area contributed by atoms with Crippen LogP contribution in [-0.4, -0.2) is 46.7 Å². The van der Waals surface area contributed by atoms with Gasteiger partial charge < -0.3 is 10.4 Å². The minimum absolute atomic E-state index is 0.332. The maximum Gasteiger partial charge on any atom is 0.323 e. The second-order valence-corrected chi connectivity index (χ2v) is 7.21. The molecule has 2 rings (SSSR count). The first-order valence-electron chi connectivity index (χ1n) is 8.72. The van der Waals surface area contributed by atoms with Crippen molar-refractivity contribution in [3.8, 4) is 0 Å². The van der Waals surface area contributed by atoms with Crippen LogP contribution in [0.15, 0.2) is 0 Å². The average Bonchev–Trinajstić information content (AvgIpc) is 3.09. The molecular weight excluding hydrogens is 264 g/mol. The molecule has 3 atom stereocenters. The van der Waals surface area contributed by atoms with Crippen molar-refractivity contribution in [3.63, 3.8) is 0 Å². The van der Waals surface area contributed by atoms with Gasteiger partial charge in [-0.1, -0.05) is 19.8 Å². The summed E-state index contributed by atoms with van der Waals surface area (Å²) >= 11 is 0. The van der Waals surface area contributed by atoms with Crippen molar-refractivity contribution in [2.24, 2.45) is 5.92 Å². The first kappa shape index (κ1) is 16.8. The first-order chi connectivity index (χ1) is 9.98. The molecule has 1 saturated carbocycles. The van der Waals surface area contributed by atoms with E-state index in [0.717, 1.165) is 12.5 Å². The topological polar surface area (TPSA) is 52.6 Å². The fourth-order valence-electron chi connectivity index (χ4n) is 4.54. The van der Waals surface area contributed by atoms with Crippen molar-refractivity contribution >= 4 is 5.97 Å². The molecule has 4 nitrogen and oxygen atoms in total. The Morgan fingerprint density at radius 3 is 2.57 bits per heavy atom. The Balaban J connectivity index is 2.00. The minimum Gasteiger partial charge on any atom is -0.480 e. The molecular formula is C17H32N2O2. The zero-order valence-electron chi connectivity index (χ0n) is 13.9. The van der Waals surface area contributed by atoms with Gasteiger partial charge in [-0.05, 0) is 65.0 Å². The Labute approximate surface area is 129 Å². The number of carboxylic acids is 1. The van der Waals surface area contributed by atoms with E-state index in [9.17, 15) is 9.90 Å². The summed E-state index contributed by atoms with van der Waals surface area (Å²) in [6.07, 6.45) is 8.77. The lowest BCUT2D eigenvalue weighted by atomic mass is 9.90. The van der Waals surface area contributed by atoms with Crippen LogP contribution in [0.3, 0.4) is 0 Å². The van der Waals surface area contributed by atoms with Crippen LogP contribution in [0.2, 0.25) is 0 Å². The third kappa shape index (κ3) is 3.78. The lowest BCUT2D eigenvalue weighted by Gasteiger charge is -2.38. The molecule has 0 spiro atoms. The zero-order valence-corrected chi connectivity index (χ0v) is 13.9. The largest absolute Gasteiger partial charge is 0.480 e. The van der Waals surface area contributed by atoms with Gasteiger partial charge in [-0.2, -0.15) is 0 Å². The summed E-state index contributed by atoms with van der Waals surface area (Å²) in [5.74, 6) is 0.123. The number of carbonyl (C=O) groups is 1. The molecule has 0 bridgehead atoms. The van der Waals surface area contributed by atoms with Gasteiger partial charge in [0.05, 0.1) is 0 Å². The summed E-state index contributed by atoms with van der Waals surface area (Å²) in [6.45, 7) is 7.86. The van der Waals surface area contributed by atoms with Gasteiger partial charge in [0.2, 0.25) is 0 Å². The minimum atomic E-state index is -0.809. The molecule has 2 aliphatic rings. The molecule has 1 saturated heterocycles. The highest BCUT2D eigenvalue weighted by atomic mass is 16.4. The van der Waals surface area contributed by atoms with Gasteiger partial charge in [-0.15, -0.1) is 0 Å². The van der Waals surface area contributed by atoms with Gasteiger partial charge in [-0.3, -0.25) is 9.69 Å². The summed E-state index contributed by atoms with van der Waals surface area (Å²) in [5.41, 5.74) is -0.809. The van der Waals surface area contributed by atoms with E-state index >= 15 is 0 Å². The second-order valence-electron chi connectivity index (χ2n) is 7.21. The number of rotatable bonds is 7. The number of nitrogens with one attached hydrogen (secondary N) is 1. The Hall–Kier alpha value is -0.610. The van der Waals surface area contributed by atoms with E-state index in [-0.39, 0.29) is 0 Å². The Morgan fingerprint density at radius 1 is 1.33 bits per heavy atom. The average molecular weight is 296 g/mol. The summed E-state index contributed by atoms with van der Waals surface area (Å²) in [7, 11) is 0. The molecule has 21 heavy (non-hydrogen) atoms. The van der Waals surface area contributed by atoms with E-state index in [4.69, 9.17) is 0 Å². The summed E-state index contributed by atoms with van der Waals surface area (Å²) in [4.78, 5) is 14.2. The van der Waals surface area contributed by atoms with Gasteiger partial charge in [0.1, 0.15) is 5.54 Å². The number of likely N-dealkylation sites (N-methyl/N-ethyl adjacent to an activating group) is 1. The zero-order chi connectivity index (χ0) is 15.5. The number of hydrogen-bond donors (Lipinski definition) is 2. The molecule has 0 aromatic heterocycles. The van der Waals surface area contributed by atoms with E-state index < -0.39 is 11.5 Å². The van der Waals surface area contributed by atoms with E-state index in [1.807, 2.05) is 13.8 Å². The van der Waals surface area contributed by atoms with Crippen LogP contribution in [0.1, 0.15) is 65.7 Å². The van der Waals surface area contributed by atoms with Crippen LogP contribution >= 0.6 is 0 Å². The van der Waals surface area contributed by atoms with Crippen LogP contribution in [0.5, 0.6) is 0 Å². The highest BCUT2D eigenvalue weighted by Crippen LogP contribution is 2.37. The molecule has 1 aliphatic carbocycles. The van der Waals surface area contributed by atoms with Gasteiger partial charge in [0, 0.05) is 12.1 Å². The van der Waals surface area contributed by atoms with Crippen LogP contribution in [-0.2, 0) is 4.79 Å². The molecule has 3 unspecified atom stereocenters. The first-order valence-corrected chi connectivity index (χ1v) is 8.72. The lowest BCUT2D eigenvalue weighted by molar-refractivity contribution is -0.145. The van der Waals surface area contributed by atoms with Crippen LogP contribution in [0, 0.1) is 5.92 Å². The van der Waals surface area contributed by atoms with Crippen molar-refractivity contribution < 1.29 is 9.90 Å². The van der Waals surface area contributed by atoms with E-state index in [1.165, 1.54) is 38.5 Å². The van der Waals surface area contributed by atoms with Gasteiger partial charge >= 0.3 is 5.97 Å². The van der Waals surface area contributed by atoms with Crippen molar-refractivity contribution in [3.05, 3.63) is 0 Å². The summed E-state index contributed by atoms with van der Waals surface area (Å²) < 4.78 is 0. The number of hydrogen-bond acceptors (Lipinski definition) is 3. The van der Waals surface area contributed by atoms with Crippen molar-refractivity contribution in [1.82, 2.24) is 10.2 Å². The monoisotopic (exact) mass is 296 g/mol. The van der Waals surface area contributed by atoms with Gasteiger partial charge in [0.15, 0.2) is 0 Å². The van der Waals surface area contributed by atoms with Crippen molar-refractivity contribution in [2.45, 2.75) is 83.3 Å². The summed E-state index contributed by atoms with van der Waals surface area (Å²) in [5, 5.41) is 12.7. The van der Waals surface area contributed by atoms with E-state index in [0.29, 0.717) is 25.0 Å².